The SMILES string of the molecule is CC1=C(C)C(OC=C2C(=O)N(C(=O)OC(C)(C)C)C3c4ccccc4CC23)N(c2cc(C(F)(F)F)cc(C(F)(F)F)c2)C1=O. The number of ether oxygens (including phenoxy) is 2. The molecule has 234 valence electrons. The molecule has 0 aromatic heterocycles. The monoisotopic (exact) mass is 622 g/mol. The van der Waals surface area contributed by atoms with E-state index in [1.807, 2.05) is 12.1 Å². The first-order chi connectivity index (χ1) is 20.3. The van der Waals surface area contributed by atoms with Crippen molar-refractivity contribution in [2.45, 2.75) is 71.3 Å². The summed E-state index contributed by atoms with van der Waals surface area (Å²) in [4.78, 5) is 41.7. The number of rotatable bonds is 3. The topological polar surface area (TPSA) is 76.2 Å². The largest absolute Gasteiger partial charge is 0.473 e. The average Bonchev–Trinajstić information content (AvgIpc) is 3.47. The molecule has 0 radical (unpaired) electrons. The summed E-state index contributed by atoms with van der Waals surface area (Å²) in [5.74, 6) is -2.16. The number of benzene rings is 2. The summed E-state index contributed by atoms with van der Waals surface area (Å²) in [7, 11) is 0. The highest BCUT2D eigenvalue weighted by atomic mass is 19.4. The Balaban J connectivity index is 1.55. The van der Waals surface area contributed by atoms with Gasteiger partial charge in [0.15, 0.2) is 0 Å². The van der Waals surface area contributed by atoms with Crippen molar-refractivity contribution in [2.75, 3.05) is 4.90 Å². The molecule has 1 fully saturated rings. The summed E-state index contributed by atoms with van der Waals surface area (Å²) in [6, 6.07) is 7.34. The van der Waals surface area contributed by atoms with E-state index < -0.39 is 70.9 Å². The summed E-state index contributed by atoms with van der Waals surface area (Å²) < 4.78 is 93.0. The lowest BCUT2D eigenvalue weighted by Crippen LogP contribution is -2.39. The molecule has 2 aliphatic heterocycles. The number of nitrogens with zero attached hydrogens (tertiary/aromatic N) is 2. The molecule has 5 rings (SSSR count). The summed E-state index contributed by atoms with van der Waals surface area (Å²) in [5, 5.41) is 0. The van der Waals surface area contributed by atoms with E-state index in [4.69, 9.17) is 9.47 Å². The predicted octanol–water partition coefficient (Wildman–Crippen LogP) is 7.32. The van der Waals surface area contributed by atoms with Crippen LogP contribution < -0.4 is 4.90 Å². The molecule has 13 heteroatoms. The first-order valence-corrected chi connectivity index (χ1v) is 13.6. The van der Waals surface area contributed by atoms with Gasteiger partial charge in [0.05, 0.1) is 29.0 Å². The van der Waals surface area contributed by atoms with Crippen molar-refractivity contribution < 1.29 is 50.2 Å². The van der Waals surface area contributed by atoms with Crippen LogP contribution in [0.2, 0.25) is 0 Å². The van der Waals surface area contributed by atoms with Crippen molar-refractivity contribution in [3.05, 3.63) is 87.7 Å². The lowest BCUT2D eigenvalue weighted by molar-refractivity contribution is -0.143. The third-order valence-corrected chi connectivity index (χ3v) is 7.84. The number of hydrogen-bond donors (Lipinski definition) is 0. The van der Waals surface area contributed by atoms with Crippen LogP contribution in [0.25, 0.3) is 0 Å². The van der Waals surface area contributed by atoms with Gasteiger partial charge in [-0.05, 0) is 75.9 Å². The second-order valence-corrected chi connectivity index (χ2v) is 11.9. The highest BCUT2D eigenvalue weighted by Gasteiger charge is 2.53. The smallest absolute Gasteiger partial charge is 0.417 e. The molecule has 2 aromatic carbocycles. The molecule has 3 aliphatic rings. The molecule has 3 amide bonds. The molecule has 0 saturated carbocycles. The van der Waals surface area contributed by atoms with E-state index in [0.717, 1.165) is 22.3 Å². The number of fused-ring (bicyclic) bond motifs is 3. The zero-order chi connectivity index (χ0) is 32.5. The Labute approximate surface area is 248 Å². The Hall–Kier alpha value is -4.29. The van der Waals surface area contributed by atoms with Gasteiger partial charge in [0.1, 0.15) is 5.60 Å². The molecule has 2 heterocycles. The van der Waals surface area contributed by atoms with E-state index >= 15 is 0 Å². The average molecular weight is 623 g/mol. The molecule has 1 saturated heterocycles. The number of hydrogen-bond acceptors (Lipinski definition) is 5. The standard InChI is InChI=1S/C31H28F6N2O5/c1-15-16(2)27(38(25(15)40)20-12-18(30(32,33)34)11-19(13-20)31(35,36)37)43-14-23-22-10-17-8-6-7-9-21(17)24(22)39(26(23)41)28(42)44-29(3,4)5/h6-9,11-14,22,24,27H,10H2,1-5H3. The molecular formula is C31H28F6N2O5. The minimum atomic E-state index is -5.14. The zero-order valence-corrected chi connectivity index (χ0v) is 24.3. The van der Waals surface area contributed by atoms with Crippen LogP contribution in [-0.2, 0) is 37.8 Å². The van der Waals surface area contributed by atoms with Gasteiger partial charge in [-0.2, -0.15) is 26.3 Å². The van der Waals surface area contributed by atoms with Gasteiger partial charge in [0.2, 0.25) is 6.23 Å². The number of likely N-dealkylation sites (tertiary alicyclic amines) is 1. The summed E-state index contributed by atoms with van der Waals surface area (Å²) in [5.41, 5.74) is -2.87. The van der Waals surface area contributed by atoms with E-state index in [1.54, 1.807) is 32.9 Å². The Morgan fingerprint density at radius 2 is 1.50 bits per heavy atom. The van der Waals surface area contributed by atoms with Gasteiger partial charge < -0.3 is 9.47 Å². The van der Waals surface area contributed by atoms with Crippen molar-refractivity contribution in [2.24, 2.45) is 5.92 Å². The summed E-state index contributed by atoms with van der Waals surface area (Å²) in [6.45, 7) is 7.76. The van der Waals surface area contributed by atoms with E-state index in [2.05, 4.69) is 0 Å². The van der Waals surface area contributed by atoms with Crippen LogP contribution in [-0.4, -0.2) is 34.6 Å². The fourth-order valence-corrected chi connectivity index (χ4v) is 5.71. The Bertz CT molecular complexity index is 1590. The van der Waals surface area contributed by atoms with Crippen LogP contribution in [0.3, 0.4) is 0 Å². The van der Waals surface area contributed by atoms with E-state index in [1.165, 1.54) is 13.8 Å². The normalized spacial score (nSPS) is 23.1. The van der Waals surface area contributed by atoms with E-state index in [-0.39, 0.29) is 22.8 Å². The first kappa shape index (κ1) is 31.1. The van der Waals surface area contributed by atoms with Gasteiger partial charge in [0, 0.05) is 17.2 Å². The van der Waals surface area contributed by atoms with Crippen molar-refractivity contribution >= 4 is 23.6 Å². The highest BCUT2D eigenvalue weighted by Crippen LogP contribution is 2.50. The van der Waals surface area contributed by atoms with Gasteiger partial charge in [-0.15, -0.1) is 0 Å². The third kappa shape index (κ3) is 5.43. The van der Waals surface area contributed by atoms with Gasteiger partial charge in [-0.1, -0.05) is 24.3 Å². The summed E-state index contributed by atoms with van der Waals surface area (Å²) in [6.07, 6.45) is -11.2. The molecule has 0 bridgehead atoms. The molecule has 3 atom stereocenters. The lowest BCUT2D eigenvalue weighted by Gasteiger charge is -2.27. The lowest BCUT2D eigenvalue weighted by atomic mass is 9.97. The molecule has 7 nitrogen and oxygen atoms in total. The van der Waals surface area contributed by atoms with Crippen LogP contribution in [0.15, 0.2) is 65.4 Å². The van der Waals surface area contributed by atoms with Crippen molar-refractivity contribution in [3.63, 3.8) is 0 Å². The molecular weight excluding hydrogens is 594 g/mol. The fourth-order valence-electron chi connectivity index (χ4n) is 5.71. The Morgan fingerprint density at radius 3 is 2.07 bits per heavy atom. The maximum atomic E-state index is 13.7. The number of carbonyl (C=O) groups excluding carboxylic acids is 3. The predicted molar refractivity (Wildman–Crippen MR) is 145 cm³/mol. The first-order valence-electron chi connectivity index (χ1n) is 13.6. The van der Waals surface area contributed by atoms with Crippen LogP contribution >= 0.6 is 0 Å². The number of imide groups is 1. The number of amides is 3. The van der Waals surface area contributed by atoms with Crippen LogP contribution in [0.1, 0.15) is 62.9 Å². The Kier molecular flexibility index (Phi) is 7.37. The van der Waals surface area contributed by atoms with Gasteiger partial charge >= 0.3 is 18.4 Å². The number of anilines is 1. The van der Waals surface area contributed by atoms with E-state index in [0.29, 0.717) is 23.5 Å². The summed E-state index contributed by atoms with van der Waals surface area (Å²) >= 11 is 0. The molecule has 44 heavy (non-hydrogen) atoms. The van der Waals surface area contributed by atoms with Crippen molar-refractivity contribution in [1.29, 1.82) is 0 Å². The highest BCUT2D eigenvalue weighted by molar-refractivity contribution is 6.09. The van der Waals surface area contributed by atoms with Gasteiger partial charge in [-0.25, -0.2) is 9.69 Å². The minimum absolute atomic E-state index is 0.0324. The zero-order valence-electron chi connectivity index (χ0n) is 24.3. The van der Waals surface area contributed by atoms with Crippen LogP contribution in [0, 0.1) is 5.92 Å². The van der Waals surface area contributed by atoms with Gasteiger partial charge in [0.25, 0.3) is 11.8 Å². The van der Waals surface area contributed by atoms with Crippen LogP contribution in [0.5, 0.6) is 0 Å². The number of alkyl halides is 6. The molecule has 3 unspecified atom stereocenters. The Morgan fingerprint density at radius 1 is 0.909 bits per heavy atom. The van der Waals surface area contributed by atoms with Gasteiger partial charge in [-0.3, -0.25) is 14.5 Å². The van der Waals surface area contributed by atoms with E-state index in [9.17, 15) is 40.7 Å². The van der Waals surface area contributed by atoms with Crippen LogP contribution in [0.4, 0.5) is 36.8 Å². The number of halogens is 6. The fraction of sp³-hybridized carbons (Fsp3) is 0.387. The maximum absolute atomic E-state index is 13.7. The molecule has 1 aliphatic carbocycles. The number of carbonyl (C=O) groups is 3. The van der Waals surface area contributed by atoms with Crippen molar-refractivity contribution in [1.82, 2.24) is 4.90 Å². The molecule has 2 aromatic rings. The maximum Gasteiger partial charge on any atom is 0.417 e. The molecule has 0 spiro atoms. The minimum Gasteiger partial charge on any atom is -0.473 e. The second-order valence-electron chi connectivity index (χ2n) is 11.9. The second kappa shape index (κ2) is 10.4. The molecule has 0 N–H and O–H groups in total. The van der Waals surface area contributed by atoms with Crippen molar-refractivity contribution in [3.8, 4) is 0 Å². The third-order valence-electron chi connectivity index (χ3n) is 7.84. The quantitative estimate of drug-likeness (QED) is 0.204.